The number of carbonyl (C=O) groups excluding carboxylic acids is 2. The first-order valence-corrected chi connectivity index (χ1v) is 10.2. The summed E-state index contributed by atoms with van der Waals surface area (Å²) < 4.78 is 3.66. The lowest BCUT2D eigenvalue weighted by Crippen LogP contribution is -2.31. The summed E-state index contributed by atoms with van der Waals surface area (Å²) >= 11 is 0. The van der Waals surface area contributed by atoms with Crippen molar-refractivity contribution in [1.82, 2.24) is 29.4 Å². The van der Waals surface area contributed by atoms with Crippen molar-refractivity contribution in [3.05, 3.63) is 72.6 Å². The Kier molecular flexibility index (Phi) is 6.00. The molecule has 4 aromatic rings. The van der Waals surface area contributed by atoms with Gasteiger partial charge in [-0.3, -0.25) is 14.6 Å². The maximum Gasteiger partial charge on any atom is 0.259 e. The summed E-state index contributed by atoms with van der Waals surface area (Å²) in [5.74, 6) is -0.556. The van der Waals surface area contributed by atoms with E-state index in [1.165, 1.54) is 18.6 Å². The summed E-state index contributed by atoms with van der Waals surface area (Å²) in [6.07, 6.45) is 10.4. The molecule has 4 rings (SSSR count). The van der Waals surface area contributed by atoms with Crippen molar-refractivity contribution in [2.24, 2.45) is 7.05 Å². The molecule has 9 nitrogen and oxygen atoms in total. The van der Waals surface area contributed by atoms with Gasteiger partial charge in [-0.05, 0) is 32.3 Å². The van der Waals surface area contributed by atoms with E-state index in [2.05, 4.69) is 20.7 Å². The van der Waals surface area contributed by atoms with Crippen molar-refractivity contribution in [3.63, 3.8) is 0 Å². The van der Waals surface area contributed by atoms with Crippen LogP contribution in [0.3, 0.4) is 0 Å². The Morgan fingerprint density at radius 2 is 1.84 bits per heavy atom. The molecule has 9 heteroatoms. The van der Waals surface area contributed by atoms with Gasteiger partial charge in [0, 0.05) is 56.1 Å². The van der Waals surface area contributed by atoms with Gasteiger partial charge in [0.05, 0.1) is 34.7 Å². The fourth-order valence-corrected chi connectivity index (χ4v) is 3.33. The topological polar surface area (TPSA) is 96.6 Å². The third-order valence-corrected chi connectivity index (χ3v) is 5.03. The summed E-state index contributed by atoms with van der Waals surface area (Å²) in [6.45, 7) is 1.26. The zero-order chi connectivity index (χ0) is 22.7. The van der Waals surface area contributed by atoms with E-state index in [9.17, 15) is 9.59 Å². The Morgan fingerprint density at radius 3 is 2.59 bits per heavy atom. The Bertz CT molecular complexity index is 1270. The van der Waals surface area contributed by atoms with Gasteiger partial charge in [0.15, 0.2) is 0 Å². The minimum absolute atomic E-state index is 0.236. The van der Waals surface area contributed by atoms with Crippen LogP contribution in [0, 0.1) is 0 Å². The maximum atomic E-state index is 12.9. The molecule has 4 heterocycles. The average Bonchev–Trinajstić information content (AvgIpc) is 3.39. The number of fused-ring (bicyclic) bond motifs is 1. The van der Waals surface area contributed by atoms with Crippen molar-refractivity contribution in [2.45, 2.75) is 0 Å². The second-order valence-electron chi connectivity index (χ2n) is 7.85. The molecule has 0 aromatic carbocycles. The van der Waals surface area contributed by atoms with Crippen LogP contribution in [0.2, 0.25) is 0 Å². The largest absolute Gasteiger partial charge is 0.357 e. The molecule has 0 atom stereocenters. The number of carbonyl (C=O) groups is 2. The molecule has 0 unspecified atom stereocenters. The van der Waals surface area contributed by atoms with Gasteiger partial charge in [-0.15, -0.1) is 0 Å². The molecule has 0 spiro atoms. The van der Waals surface area contributed by atoms with Crippen molar-refractivity contribution >= 4 is 23.0 Å². The van der Waals surface area contributed by atoms with Gasteiger partial charge < -0.3 is 20.1 Å². The highest BCUT2D eigenvalue weighted by Gasteiger charge is 2.15. The summed E-state index contributed by atoms with van der Waals surface area (Å²) in [5.41, 5.74) is 4.02. The number of aromatic nitrogens is 4. The molecule has 2 N–H and O–H groups in total. The zero-order valence-corrected chi connectivity index (χ0v) is 18.2. The van der Waals surface area contributed by atoms with Crippen molar-refractivity contribution in [2.75, 3.05) is 32.5 Å². The molecule has 0 bridgehead atoms. The number of hydrogen-bond donors (Lipinski definition) is 2. The highest BCUT2D eigenvalue weighted by atomic mass is 16.2. The van der Waals surface area contributed by atoms with Crippen LogP contribution in [0.15, 0.2) is 61.4 Å². The van der Waals surface area contributed by atoms with E-state index in [1.807, 2.05) is 67.4 Å². The number of likely N-dealkylation sites (N-methyl/N-ethyl adjacent to an activating group) is 1. The van der Waals surface area contributed by atoms with Gasteiger partial charge in [0.1, 0.15) is 0 Å². The number of anilines is 1. The number of rotatable bonds is 7. The molecule has 0 saturated carbocycles. The first-order chi connectivity index (χ1) is 15.4. The van der Waals surface area contributed by atoms with Crippen LogP contribution in [0.5, 0.6) is 0 Å². The molecule has 2 amide bonds. The van der Waals surface area contributed by atoms with E-state index in [0.29, 0.717) is 28.9 Å². The van der Waals surface area contributed by atoms with Gasteiger partial charge in [0.2, 0.25) is 0 Å². The first-order valence-electron chi connectivity index (χ1n) is 10.2. The first kappa shape index (κ1) is 21.3. The van der Waals surface area contributed by atoms with E-state index in [1.54, 1.807) is 10.6 Å². The van der Waals surface area contributed by atoms with Crippen LogP contribution in [-0.2, 0) is 7.05 Å². The van der Waals surface area contributed by atoms with Gasteiger partial charge in [-0.1, -0.05) is 6.07 Å². The minimum Gasteiger partial charge on any atom is -0.357 e. The monoisotopic (exact) mass is 431 g/mol. The number of nitrogens with zero attached hydrogens (tertiary/aromatic N) is 5. The van der Waals surface area contributed by atoms with Gasteiger partial charge in [-0.25, -0.2) is 4.52 Å². The fourth-order valence-electron chi connectivity index (χ4n) is 3.33. The molecule has 4 aromatic heterocycles. The predicted octanol–water partition coefficient (Wildman–Crippen LogP) is 2.28. The van der Waals surface area contributed by atoms with Crippen LogP contribution in [-0.4, -0.2) is 63.1 Å². The fraction of sp³-hybridized carbons (Fsp3) is 0.217. The van der Waals surface area contributed by atoms with E-state index in [0.717, 1.165) is 17.7 Å². The Labute approximate surface area is 185 Å². The van der Waals surface area contributed by atoms with Gasteiger partial charge in [0.25, 0.3) is 11.8 Å². The molecule has 164 valence electrons. The third-order valence-electron chi connectivity index (χ3n) is 5.03. The quantitative estimate of drug-likeness (QED) is 0.468. The second-order valence-corrected chi connectivity index (χ2v) is 7.85. The van der Waals surface area contributed by atoms with Crippen molar-refractivity contribution in [3.8, 4) is 11.1 Å². The van der Waals surface area contributed by atoms with E-state index in [-0.39, 0.29) is 11.8 Å². The van der Waals surface area contributed by atoms with Crippen molar-refractivity contribution < 1.29 is 9.59 Å². The molecular formula is C23H25N7O2. The Hall–Kier alpha value is -3.98. The Balaban J connectivity index is 1.48. The predicted molar refractivity (Wildman–Crippen MR) is 123 cm³/mol. The molecular weight excluding hydrogens is 406 g/mol. The lowest BCUT2D eigenvalue weighted by Gasteiger charge is -2.11. The molecule has 0 fully saturated rings. The van der Waals surface area contributed by atoms with Crippen LogP contribution in [0.25, 0.3) is 16.6 Å². The smallest absolute Gasteiger partial charge is 0.259 e. The van der Waals surface area contributed by atoms with Gasteiger partial charge >= 0.3 is 0 Å². The van der Waals surface area contributed by atoms with Crippen LogP contribution in [0.4, 0.5) is 5.69 Å². The molecule has 32 heavy (non-hydrogen) atoms. The van der Waals surface area contributed by atoms with Crippen LogP contribution < -0.4 is 10.6 Å². The highest BCUT2D eigenvalue weighted by molar-refractivity contribution is 6.09. The summed E-state index contributed by atoms with van der Waals surface area (Å²) in [6, 6.07) is 7.46. The highest BCUT2D eigenvalue weighted by Crippen LogP contribution is 2.22. The van der Waals surface area contributed by atoms with E-state index < -0.39 is 0 Å². The van der Waals surface area contributed by atoms with Crippen LogP contribution in [0.1, 0.15) is 20.7 Å². The number of hydrogen-bond acceptors (Lipinski definition) is 5. The molecule has 0 saturated heterocycles. The van der Waals surface area contributed by atoms with Crippen LogP contribution >= 0.6 is 0 Å². The van der Waals surface area contributed by atoms with E-state index in [4.69, 9.17) is 0 Å². The SMILES string of the molecule is CN(C)CCNC(=O)c1cncc(NC(=O)c2cnn3cc(-c4ccn(C)c4)ccc23)c1. The normalized spacial score (nSPS) is 11.1. The molecule has 0 radical (unpaired) electrons. The number of amides is 2. The summed E-state index contributed by atoms with van der Waals surface area (Å²) in [5, 5.41) is 9.98. The molecule has 0 aliphatic heterocycles. The number of nitrogens with one attached hydrogen (secondary N) is 2. The molecule has 0 aliphatic rings. The lowest BCUT2D eigenvalue weighted by atomic mass is 10.1. The standard InChI is InChI=1S/C23H25N7O2/c1-28(2)9-7-25-22(31)18-10-19(12-24-11-18)27-23(32)20-13-26-30-15-16(4-5-21(20)30)17-6-8-29(3)14-17/h4-6,8,10-15H,7,9H2,1-3H3,(H,25,31)(H,27,32). The molecule has 0 aliphatic carbocycles. The second kappa shape index (κ2) is 9.03. The summed E-state index contributed by atoms with van der Waals surface area (Å²) in [4.78, 5) is 31.3. The summed E-state index contributed by atoms with van der Waals surface area (Å²) in [7, 11) is 5.84. The average molecular weight is 432 g/mol. The third kappa shape index (κ3) is 4.68. The number of aryl methyl sites for hydroxylation is 1. The lowest BCUT2D eigenvalue weighted by molar-refractivity contribution is 0.0949. The number of pyridine rings is 2. The minimum atomic E-state index is -0.320. The van der Waals surface area contributed by atoms with Crippen molar-refractivity contribution in [1.29, 1.82) is 0 Å². The zero-order valence-electron chi connectivity index (χ0n) is 18.2. The maximum absolute atomic E-state index is 12.9. The van der Waals surface area contributed by atoms with Gasteiger partial charge in [-0.2, -0.15) is 5.10 Å². The van der Waals surface area contributed by atoms with E-state index >= 15 is 0 Å². The Morgan fingerprint density at radius 1 is 1.03 bits per heavy atom.